The summed E-state index contributed by atoms with van der Waals surface area (Å²) in [5, 5.41) is 4.31. The van der Waals surface area contributed by atoms with Crippen molar-refractivity contribution in [3.8, 4) is 0 Å². The molecule has 2 aromatic heterocycles. The first-order chi connectivity index (χ1) is 11.7. The molecule has 0 aliphatic carbocycles. The highest BCUT2D eigenvalue weighted by atomic mass is 19.1. The Balaban J connectivity index is 1.65. The predicted molar refractivity (Wildman–Crippen MR) is 91.0 cm³/mol. The molecule has 1 atom stereocenters. The van der Waals surface area contributed by atoms with Gasteiger partial charge in [0.25, 0.3) is 0 Å². The van der Waals surface area contributed by atoms with Crippen LogP contribution in [0.1, 0.15) is 37.2 Å². The molecule has 0 bridgehead atoms. The van der Waals surface area contributed by atoms with Gasteiger partial charge in [-0.25, -0.2) is 9.37 Å². The van der Waals surface area contributed by atoms with Gasteiger partial charge < -0.3 is 4.57 Å². The molecular weight excluding hydrogens is 305 g/mol. The fourth-order valence-electron chi connectivity index (χ4n) is 3.81. The molecule has 1 aromatic carbocycles. The second-order valence-corrected chi connectivity index (χ2v) is 6.48. The van der Waals surface area contributed by atoms with Gasteiger partial charge in [0.1, 0.15) is 11.6 Å². The van der Waals surface area contributed by atoms with Crippen LogP contribution in [-0.2, 0) is 20.1 Å². The van der Waals surface area contributed by atoms with E-state index in [0.717, 1.165) is 42.9 Å². The monoisotopic (exact) mass is 327 g/mol. The number of imidazole rings is 1. The van der Waals surface area contributed by atoms with Crippen LogP contribution in [0.15, 0.2) is 30.6 Å². The second-order valence-electron chi connectivity index (χ2n) is 6.48. The Bertz CT molecular complexity index is 866. The molecule has 24 heavy (non-hydrogen) atoms. The van der Waals surface area contributed by atoms with Crippen molar-refractivity contribution in [3.05, 3.63) is 47.8 Å². The zero-order chi connectivity index (χ0) is 16.7. The molecule has 6 heteroatoms. The van der Waals surface area contributed by atoms with E-state index in [4.69, 9.17) is 4.98 Å². The van der Waals surface area contributed by atoms with Gasteiger partial charge in [-0.3, -0.25) is 9.58 Å². The van der Waals surface area contributed by atoms with Crippen LogP contribution in [-0.4, -0.2) is 30.8 Å². The third-order valence-electron chi connectivity index (χ3n) is 4.92. The lowest BCUT2D eigenvalue weighted by atomic mass is 10.1. The summed E-state index contributed by atoms with van der Waals surface area (Å²) in [4.78, 5) is 7.16. The lowest BCUT2D eigenvalue weighted by Gasteiger charge is -2.23. The number of likely N-dealkylation sites (tertiary alicyclic amines) is 1. The van der Waals surface area contributed by atoms with Crippen molar-refractivity contribution >= 4 is 11.0 Å². The quantitative estimate of drug-likeness (QED) is 0.738. The van der Waals surface area contributed by atoms with Gasteiger partial charge in [-0.05, 0) is 38.4 Å². The Morgan fingerprint density at radius 1 is 1.33 bits per heavy atom. The van der Waals surface area contributed by atoms with Crippen molar-refractivity contribution in [1.29, 1.82) is 0 Å². The zero-order valence-electron chi connectivity index (χ0n) is 14.1. The summed E-state index contributed by atoms with van der Waals surface area (Å²) in [7, 11) is 1.95. The van der Waals surface area contributed by atoms with E-state index in [1.54, 1.807) is 0 Å². The average molecular weight is 327 g/mol. The molecule has 1 aliphatic heterocycles. The van der Waals surface area contributed by atoms with Gasteiger partial charge in [-0.1, -0.05) is 0 Å². The normalized spacial score (nSPS) is 18.7. The average Bonchev–Trinajstić information content (AvgIpc) is 3.25. The number of aromatic nitrogens is 4. The Morgan fingerprint density at radius 2 is 2.21 bits per heavy atom. The third kappa shape index (κ3) is 2.60. The summed E-state index contributed by atoms with van der Waals surface area (Å²) in [6.45, 7) is 4.78. The van der Waals surface area contributed by atoms with Gasteiger partial charge in [-0.2, -0.15) is 5.10 Å². The summed E-state index contributed by atoms with van der Waals surface area (Å²) in [5.41, 5.74) is 3.01. The maximum absolute atomic E-state index is 13.5. The van der Waals surface area contributed by atoms with E-state index in [1.165, 1.54) is 24.1 Å². The molecule has 0 N–H and O–H groups in total. The molecule has 4 rings (SSSR count). The maximum Gasteiger partial charge on any atom is 0.125 e. The minimum atomic E-state index is -0.232. The van der Waals surface area contributed by atoms with Crippen molar-refractivity contribution in [2.24, 2.45) is 7.05 Å². The Morgan fingerprint density at radius 3 is 2.96 bits per heavy atom. The number of aryl methyl sites for hydroxylation is 2. The third-order valence-corrected chi connectivity index (χ3v) is 4.92. The standard InChI is InChI=1S/C18H22FN5/c1-3-24-17-7-6-14(19)9-15(17)21-18(24)12-23-8-4-5-16(23)13-10-20-22(2)11-13/h6-7,9-11,16H,3-5,8,12H2,1-2H3/t16-/m0/s1. The molecule has 0 amide bonds. The Kier molecular flexibility index (Phi) is 3.84. The van der Waals surface area contributed by atoms with E-state index < -0.39 is 0 Å². The van der Waals surface area contributed by atoms with Crippen LogP contribution in [0.5, 0.6) is 0 Å². The van der Waals surface area contributed by atoms with E-state index in [1.807, 2.05) is 24.0 Å². The molecule has 0 radical (unpaired) electrons. The molecule has 3 heterocycles. The predicted octanol–water partition coefficient (Wildman–Crippen LogP) is 3.27. The fourth-order valence-corrected chi connectivity index (χ4v) is 3.81. The molecule has 1 saturated heterocycles. The number of nitrogens with zero attached hydrogens (tertiary/aromatic N) is 5. The summed E-state index contributed by atoms with van der Waals surface area (Å²) in [6.07, 6.45) is 6.38. The van der Waals surface area contributed by atoms with Gasteiger partial charge in [0.2, 0.25) is 0 Å². The van der Waals surface area contributed by atoms with Crippen LogP contribution in [0, 0.1) is 5.82 Å². The topological polar surface area (TPSA) is 38.9 Å². The smallest absolute Gasteiger partial charge is 0.125 e. The van der Waals surface area contributed by atoms with E-state index in [2.05, 4.69) is 27.7 Å². The Labute approximate surface area is 140 Å². The van der Waals surface area contributed by atoms with E-state index in [-0.39, 0.29) is 5.82 Å². The molecule has 0 unspecified atom stereocenters. The number of benzene rings is 1. The van der Waals surface area contributed by atoms with Crippen LogP contribution in [0.2, 0.25) is 0 Å². The molecule has 0 spiro atoms. The lowest BCUT2D eigenvalue weighted by Crippen LogP contribution is -2.24. The molecular formula is C18H22FN5. The summed E-state index contributed by atoms with van der Waals surface area (Å²) in [6, 6.07) is 5.25. The number of rotatable bonds is 4. The number of halogens is 1. The maximum atomic E-state index is 13.5. The summed E-state index contributed by atoms with van der Waals surface area (Å²) >= 11 is 0. The van der Waals surface area contributed by atoms with Crippen molar-refractivity contribution in [2.45, 2.75) is 38.9 Å². The van der Waals surface area contributed by atoms with Crippen molar-refractivity contribution in [1.82, 2.24) is 24.2 Å². The van der Waals surface area contributed by atoms with Crippen LogP contribution < -0.4 is 0 Å². The zero-order valence-corrected chi connectivity index (χ0v) is 14.1. The largest absolute Gasteiger partial charge is 0.327 e. The molecule has 1 fully saturated rings. The van der Waals surface area contributed by atoms with E-state index in [9.17, 15) is 4.39 Å². The van der Waals surface area contributed by atoms with Crippen LogP contribution in [0.4, 0.5) is 4.39 Å². The number of hydrogen-bond donors (Lipinski definition) is 0. The van der Waals surface area contributed by atoms with Gasteiger partial charge in [0, 0.05) is 37.5 Å². The fraction of sp³-hybridized carbons (Fsp3) is 0.444. The highest BCUT2D eigenvalue weighted by Gasteiger charge is 2.28. The van der Waals surface area contributed by atoms with Crippen LogP contribution in [0.3, 0.4) is 0 Å². The lowest BCUT2D eigenvalue weighted by molar-refractivity contribution is 0.239. The molecule has 0 saturated carbocycles. The minimum Gasteiger partial charge on any atom is -0.327 e. The van der Waals surface area contributed by atoms with Crippen molar-refractivity contribution in [2.75, 3.05) is 6.54 Å². The van der Waals surface area contributed by atoms with Crippen LogP contribution >= 0.6 is 0 Å². The summed E-state index contributed by atoms with van der Waals surface area (Å²) < 4.78 is 17.5. The minimum absolute atomic E-state index is 0.232. The number of fused-ring (bicyclic) bond motifs is 1. The van der Waals surface area contributed by atoms with Crippen molar-refractivity contribution in [3.63, 3.8) is 0 Å². The Hall–Kier alpha value is -2.21. The first-order valence-corrected chi connectivity index (χ1v) is 8.53. The van der Waals surface area contributed by atoms with E-state index >= 15 is 0 Å². The van der Waals surface area contributed by atoms with Gasteiger partial charge >= 0.3 is 0 Å². The van der Waals surface area contributed by atoms with Crippen LogP contribution in [0.25, 0.3) is 11.0 Å². The second kappa shape index (κ2) is 6.02. The van der Waals surface area contributed by atoms with Crippen molar-refractivity contribution < 1.29 is 4.39 Å². The van der Waals surface area contributed by atoms with E-state index in [0.29, 0.717) is 6.04 Å². The van der Waals surface area contributed by atoms with Gasteiger partial charge in [0.05, 0.1) is 23.8 Å². The first-order valence-electron chi connectivity index (χ1n) is 8.53. The molecule has 3 aromatic rings. The number of hydrogen-bond acceptors (Lipinski definition) is 3. The molecule has 5 nitrogen and oxygen atoms in total. The molecule has 1 aliphatic rings. The highest BCUT2D eigenvalue weighted by molar-refractivity contribution is 5.76. The van der Waals surface area contributed by atoms with Gasteiger partial charge in [-0.15, -0.1) is 0 Å². The van der Waals surface area contributed by atoms with Gasteiger partial charge in [0.15, 0.2) is 0 Å². The highest BCUT2D eigenvalue weighted by Crippen LogP contribution is 2.33. The SMILES string of the molecule is CCn1c(CN2CCC[C@H]2c2cnn(C)c2)nc2cc(F)ccc21. The molecule has 126 valence electrons. The summed E-state index contributed by atoms with van der Waals surface area (Å²) in [5.74, 6) is 0.776. The first kappa shape index (κ1) is 15.3.